The van der Waals surface area contributed by atoms with Crippen LogP contribution >= 0.6 is 11.3 Å². The molecule has 0 bridgehead atoms. The van der Waals surface area contributed by atoms with E-state index in [0.717, 1.165) is 16.9 Å². The van der Waals surface area contributed by atoms with Gasteiger partial charge in [0.05, 0.1) is 17.7 Å². The summed E-state index contributed by atoms with van der Waals surface area (Å²) in [6, 6.07) is 5.51. The first-order valence-corrected chi connectivity index (χ1v) is 6.50. The number of benzene rings is 1. The summed E-state index contributed by atoms with van der Waals surface area (Å²) in [5.41, 5.74) is 10.6. The van der Waals surface area contributed by atoms with Crippen LogP contribution in [0.25, 0.3) is 0 Å². The number of aromatic nitrogens is 1. The quantitative estimate of drug-likeness (QED) is 0.888. The minimum atomic E-state index is -0.398. The zero-order valence-electron chi connectivity index (χ0n) is 10.4. The smallest absolute Gasteiger partial charge is 0.249 e. The Kier molecular flexibility index (Phi) is 3.62. The first-order chi connectivity index (χ1) is 8.59. The maximum Gasteiger partial charge on any atom is 0.249 e. The van der Waals surface area contributed by atoms with Gasteiger partial charge >= 0.3 is 0 Å². The van der Waals surface area contributed by atoms with Gasteiger partial charge in [-0.2, -0.15) is 0 Å². The highest BCUT2D eigenvalue weighted by Gasteiger charge is 2.08. The van der Waals surface area contributed by atoms with Crippen LogP contribution in [0.1, 0.15) is 26.5 Å². The van der Waals surface area contributed by atoms with Gasteiger partial charge in [0.1, 0.15) is 0 Å². The number of hydrogen-bond acceptors (Lipinski definition) is 4. The van der Waals surface area contributed by atoms with Crippen LogP contribution in [0, 0.1) is 13.8 Å². The average Bonchev–Trinajstić information content (AvgIpc) is 2.73. The fraction of sp³-hybridized carbons (Fsp3) is 0.231. The van der Waals surface area contributed by atoms with Gasteiger partial charge in [0.25, 0.3) is 0 Å². The number of primary amides is 1. The molecule has 0 radical (unpaired) electrons. The molecule has 0 atom stereocenters. The number of carbonyl (C=O) groups excluding carboxylic acids is 1. The van der Waals surface area contributed by atoms with Crippen molar-refractivity contribution in [2.24, 2.45) is 5.73 Å². The molecular weight excluding hydrogens is 246 g/mol. The van der Waals surface area contributed by atoms with Crippen LogP contribution in [0.2, 0.25) is 0 Å². The van der Waals surface area contributed by atoms with Crippen molar-refractivity contribution in [3.63, 3.8) is 0 Å². The zero-order valence-corrected chi connectivity index (χ0v) is 11.2. The van der Waals surface area contributed by atoms with Gasteiger partial charge in [-0.25, -0.2) is 4.98 Å². The molecule has 0 aliphatic heterocycles. The van der Waals surface area contributed by atoms with Crippen molar-refractivity contribution >= 4 is 22.9 Å². The zero-order chi connectivity index (χ0) is 13.1. The summed E-state index contributed by atoms with van der Waals surface area (Å²) >= 11 is 1.62. The van der Waals surface area contributed by atoms with E-state index in [1.165, 1.54) is 4.88 Å². The van der Waals surface area contributed by atoms with Crippen LogP contribution in [-0.4, -0.2) is 10.9 Å². The van der Waals surface area contributed by atoms with E-state index in [-0.39, 0.29) is 0 Å². The molecule has 0 saturated carbocycles. The number of nitrogens with one attached hydrogen (secondary N) is 1. The number of thiazole rings is 1. The van der Waals surface area contributed by atoms with E-state index in [9.17, 15) is 4.79 Å². The largest absolute Gasteiger partial charge is 0.380 e. The number of aryl methyl sites for hydroxylation is 1. The summed E-state index contributed by atoms with van der Waals surface area (Å²) in [6.07, 6.45) is 0. The van der Waals surface area contributed by atoms with Crippen LogP contribution < -0.4 is 11.1 Å². The Morgan fingerprint density at radius 3 is 2.83 bits per heavy atom. The van der Waals surface area contributed by atoms with Crippen molar-refractivity contribution in [3.05, 3.63) is 45.4 Å². The van der Waals surface area contributed by atoms with Gasteiger partial charge in [-0.3, -0.25) is 4.79 Å². The van der Waals surface area contributed by atoms with Crippen LogP contribution in [0.15, 0.2) is 23.7 Å². The number of carbonyl (C=O) groups is 1. The normalized spacial score (nSPS) is 10.3. The lowest BCUT2D eigenvalue weighted by Gasteiger charge is -2.11. The monoisotopic (exact) mass is 261 g/mol. The van der Waals surface area contributed by atoms with Gasteiger partial charge in [0.2, 0.25) is 5.91 Å². The van der Waals surface area contributed by atoms with Crippen LogP contribution in [0.3, 0.4) is 0 Å². The van der Waals surface area contributed by atoms with Gasteiger partial charge in [-0.15, -0.1) is 11.3 Å². The lowest BCUT2D eigenvalue weighted by Crippen LogP contribution is -2.13. The number of nitrogens with zero attached hydrogens (tertiary/aromatic N) is 1. The number of nitrogens with two attached hydrogens (primary N) is 1. The van der Waals surface area contributed by atoms with Crippen molar-refractivity contribution in [2.45, 2.75) is 20.4 Å². The standard InChI is InChI=1S/C13H15N3OS/c1-8-10(13(14)17)4-3-5-11(8)15-6-12-9(2)16-7-18-12/h3-5,7,15H,6H2,1-2H3,(H2,14,17). The summed E-state index contributed by atoms with van der Waals surface area (Å²) < 4.78 is 0. The topological polar surface area (TPSA) is 68.0 Å². The maximum atomic E-state index is 11.2. The minimum Gasteiger partial charge on any atom is -0.380 e. The number of amides is 1. The van der Waals surface area contributed by atoms with Crippen molar-refractivity contribution in [3.8, 4) is 0 Å². The van der Waals surface area contributed by atoms with Gasteiger partial charge in [0.15, 0.2) is 0 Å². The molecule has 1 amide bonds. The molecule has 0 aliphatic carbocycles. The summed E-state index contributed by atoms with van der Waals surface area (Å²) in [5, 5.41) is 3.31. The molecule has 5 heteroatoms. The van der Waals surface area contributed by atoms with Crippen LogP contribution in [0.4, 0.5) is 5.69 Å². The molecule has 0 spiro atoms. The van der Waals surface area contributed by atoms with Crippen molar-refractivity contribution in [2.75, 3.05) is 5.32 Å². The third-order valence-electron chi connectivity index (χ3n) is 2.88. The van der Waals surface area contributed by atoms with E-state index < -0.39 is 5.91 Å². The van der Waals surface area contributed by atoms with E-state index in [0.29, 0.717) is 12.1 Å². The molecule has 18 heavy (non-hydrogen) atoms. The highest BCUT2D eigenvalue weighted by molar-refractivity contribution is 7.09. The van der Waals surface area contributed by atoms with Gasteiger partial charge < -0.3 is 11.1 Å². The first kappa shape index (κ1) is 12.6. The molecule has 0 saturated heterocycles. The van der Waals surface area contributed by atoms with Crippen molar-refractivity contribution in [1.29, 1.82) is 0 Å². The summed E-state index contributed by atoms with van der Waals surface area (Å²) in [7, 11) is 0. The molecular formula is C13H15N3OS. The fourth-order valence-electron chi connectivity index (χ4n) is 1.77. The molecule has 4 nitrogen and oxygen atoms in total. The predicted molar refractivity (Wildman–Crippen MR) is 73.9 cm³/mol. The Bertz CT molecular complexity index is 577. The summed E-state index contributed by atoms with van der Waals surface area (Å²) in [5.74, 6) is -0.398. The predicted octanol–water partition coefficient (Wildman–Crippen LogP) is 2.47. The molecule has 1 aromatic carbocycles. The van der Waals surface area contributed by atoms with E-state index in [2.05, 4.69) is 10.3 Å². The second-order valence-corrected chi connectivity index (χ2v) is 5.00. The second-order valence-electron chi connectivity index (χ2n) is 4.06. The van der Waals surface area contributed by atoms with Crippen LogP contribution in [0.5, 0.6) is 0 Å². The van der Waals surface area contributed by atoms with Crippen molar-refractivity contribution < 1.29 is 4.79 Å². The highest BCUT2D eigenvalue weighted by atomic mass is 32.1. The molecule has 2 aromatic rings. The molecule has 1 aromatic heterocycles. The first-order valence-electron chi connectivity index (χ1n) is 5.62. The number of hydrogen-bond donors (Lipinski definition) is 2. The van der Waals surface area contributed by atoms with Gasteiger partial charge in [-0.1, -0.05) is 6.07 Å². The number of anilines is 1. The lowest BCUT2D eigenvalue weighted by atomic mass is 10.1. The second kappa shape index (κ2) is 5.18. The summed E-state index contributed by atoms with van der Waals surface area (Å²) in [6.45, 7) is 4.59. The lowest BCUT2D eigenvalue weighted by molar-refractivity contribution is 0.1000. The van der Waals surface area contributed by atoms with E-state index in [1.54, 1.807) is 17.4 Å². The highest BCUT2D eigenvalue weighted by Crippen LogP contribution is 2.21. The SMILES string of the molecule is Cc1ncsc1CNc1cccc(C(N)=O)c1C. The Hall–Kier alpha value is -1.88. The van der Waals surface area contributed by atoms with E-state index in [4.69, 9.17) is 5.73 Å². The Morgan fingerprint density at radius 2 is 2.22 bits per heavy atom. The van der Waals surface area contributed by atoms with Crippen LogP contribution in [-0.2, 0) is 6.54 Å². The molecule has 1 heterocycles. The molecule has 0 fully saturated rings. The third-order valence-corrected chi connectivity index (χ3v) is 3.82. The average molecular weight is 261 g/mol. The summed E-state index contributed by atoms with van der Waals surface area (Å²) in [4.78, 5) is 16.6. The molecule has 3 N–H and O–H groups in total. The molecule has 0 aliphatic rings. The molecule has 2 rings (SSSR count). The van der Waals surface area contributed by atoms with Gasteiger partial charge in [-0.05, 0) is 31.5 Å². The minimum absolute atomic E-state index is 0.398. The third kappa shape index (κ3) is 2.51. The fourth-order valence-corrected chi connectivity index (χ4v) is 2.48. The van der Waals surface area contributed by atoms with E-state index >= 15 is 0 Å². The number of rotatable bonds is 4. The molecule has 94 valence electrons. The molecule has 0 unspecified atom stereocenters. The Labute approximate surface area is 110 Å². The van der Waals surface area contributed by atoms with Gasteiger partial charge in [0, 0.05) is 16.1 Å². The maximum absolute atomic E-state index is 11.2. The Balaban J connectivity index is 2.17. The van der Waals surface area contributed by atoms with Crippen molar-refractivity contribution in [1.82, 2.24) is 4.98 Å². The van der Waals surface area contributed by atoms with E-state index in [1.807, 2.05) is 31.5 Å². The Morgan fingerprint density at radius 1 is 1.44 bits per heavy atom.